The quantitative estimate of drug-likeness (QED) is 0.0912. The van der Waals surface area contributed by atoms with Gasteiger partial charge in [-0.1, -0.05) is 59.4 Å². The number of pyridine rings is 2. The summed E-state index contributed by atoms with van der Waals surface area (Å²) in [6.45, 7) is 13.4. The van der Waals surface area contributed by atoms with Crippen LogP contribution in [0.15, 0.2) is 52.8 Å². The molecule has 7 heteroatoms. The van der Waals surface area contributed by atoms with Crippen molar-refractivity contribution in [3.8, 4) is 11.3 Å². The zero-order chi connectivity index (χ0) is 36.5. The maximum atomic E-state index is 11.7. The maximum absolute atomic E-state index is 11.7. The summed E-state index contributed by atoms with van der Waals surface area (Å²) in [5.41, 5.74) is 2.38. The van der Waals surface area contributed by atoms with E-state index in [4.69, 9.17) is 11.3 Å². The van der Waals surface area contributed by atoms with Gasteiger partial charge in [0.25, 0.3) is 0 Å². The monoisotopic (exact) mass is 809 g/mol. The Labute approximate surface area is 292 Å². The molecule has 0 saturated carbocycles. The summed E-state index contributed by atoms with van der Waals surface area (Å²) in [5, 5.41) is 12.2. The van der Waals surface area contributed by atoms with Crippen molar-refractivity contribution < 1.29 is 41.3 Å². The Morgan fingerprint density at radius 2 is 1.76 bits per heavy atom. The number of fused-ring (bicyclic) bond motifs is 4. The number of furan rings is 1. The van der Waals surface area contributed by atoms with Crippen LogP contribution >= 0.6 is 11.3 Å². The zero-order valence-electron chi connectivity index (χ0n) is 32.4. The van der Waals surface area contributed by atoms with E-state index >= 15 is 0 Å². The molecule has 1 radical (unpaired) electrons. The van der Waals surface area contributed by atoms with Gasteiger partial charge in [0.1, 0.15) is 0 Å². The van der Waals surface area contributed by atoms with Crippen molar-refractivity contribution in [2.45, 2.75) is 94.3 Å². The molecule has 5 aromatic rings. The van der Waals surface area contributed by atoms with Crippen molar-refractivity contribution in [2.24, 2.45) is 17.3 Å². The van der Waals surface area contributed by atoms with Crippen LogP contribution in [-0.2, 0) is 31.3 Å². The van der Waals surface area contributed by atoms with Crippen molar-refractivity contribution in [1.82, 2.24) is 9.97 Å². The van der Waals surface area contributed by atoms with Gasteiger partial charge in [-0.05, 0) is 80.4 Å². The van der Waals surface area contributed by atoms with Crippen LogP contribution in [0.1, 0.15) is 97.1 Å². The Morgan fingerprint density at radius 1 is 1.07 bits per heavy atom. The molecule has 1 N–H and O–H groups in total. The number of hydrogen-bond donors (Lipinski definition) is 1. The van der Waals surface area contributed by atoms with E-state index in [9.17, 15) is 9.90 Å². The van der Waals surface area contributed by atoms with Gasteiger partial charge in [0, 0.05) is 77.4 Å². The normalized spacial score (nSPS) is 14.4. The number of ketones is 1. The number of carbonyl (C=O) groups is 1. The third-order valence-electron chi connectivity index (χ3n) is 7.96. The summed E-state index contributed by atoms with van der Waals surface area (Å²) < 4.78 is 47.5. The van der Waals surface area contributed by atoms with Crippen molar-refractivity contribution in [2.75, 3.05) is 0 Å². The van der Waals surface area contributed by atoms with Crippen LogP contribution in [0.3, 0.4) is 0 Å². The number of aliphatic hydroxyl groups is 1. The molecule has 1 aromatic carbocycles. The molecular formula is C38H47IrN2O3S-. The molecule has 5 nitrogen and oxygen atoms in total. The largest absolute Gasteiger partial charge is 0.512 e. The fourth-order valence-electron chi connectivity index (χ4n) is 5.36. The molecule has 0 bridgehead atoms. The number of carbonyl (C=O) groups excluding carboxylic acids is 1. The van der Waals surface area contributed by atoms with E-state index in [-0.39, 0.29) is 54.9 Å². The minimum Gasteiger partial charge on any atom is -0.512 e. The number of aromatic nitrogens is 2. The van der Waals surface area contributed by atoms with E-state index in [1.54, 1.807) is 18.3 Å². The summed E-state index contributed by atoms with van der Waals surface area (Å²) in [7, 11) is 0. The molecule has 0 unspecified atom stereocenters. The second kappa shape index (κ2) is 15.6. The van der Waals surface area contributed by atoms with E-state index in [0.717, 1.165) is 52.1 Å². The number of rotatable bonds is 9. The van der Waals surface area contributed by atoms with Crippen LogP contribution < -0.4 is 0 Å². The summed E-state index contributed by atoms with van der Waals surface area (Å²) >= 11 is 1.41. The molecule has 0 aliphatic heterocycles. The summed E-state index contributed by atoms with van der Waals surface area (Å²) in [4.78, 5) is 21.3. The Kier molecular flexibility index (Phi) is 10.3. The van der Waals surface area contributed by atoms with E-state index in [1.807, 2.05) is 67.5 Å². The van der Waals surface area contributed by atoms with E-state index in [2.05, 4.69) is 16.0 Å². The molecular weight excluding hydrogens is 757 g/mol. The van der Waals surface area contributed by atoms with Crippen molar-refractivity contribution in [1.29, 1.82) is 0 Å². The summed E-state index contributed by atoms with van der Waals surface area (Å²) in [5.74, 6) is 0.547. The topological polar surface area (TPSA) is 76.2 Å². The Balaban J connectivity index is 0.000000361. The first-order valence-electron chi connectivity index (χ1n) is 18.0. The van der Waals surface area contributed by atoms with Crippen LogP contribution in [-0.4, -0.2) is 20.9 Å². The molecule has 45 heavy (non-hydrogen) atoms. The van der Waals surface area contributed by atoms with Crippen LogP contribution in [0.4, 0.5) is 0 Å². The molecule has 0 aliphatic carbocycles. The summed E-state index contributed by atoms with van der Waals surface area (Å²) in [6.07, 6.45) is 5.10. The van der Waals surface area contributed by atoms with Gasteiger partial charge >= 0.3 is 0 Å². The van der Waals surface area contributed by atoms with Crippen LogP contribution in [0.25, 0.3) is 43.4 Å². The summed E-state index contributed by atoms with van der Waals surface area (Å²) in [6, 6.07) is 12.0. The number of thiophene rings is 1. The van der Waals surface area contributed by atoms with Gasteiger partial charge in [-0.25, -0.2) is 4.98 Å². The smallest absolute Gasteiger partial charge is 0.216 e. The standard InChI is InChI=1S/C25H23N2OS.C13H24O2.Ir/c1-14-9-10-18-17-7-6-8-19(22(17)28-24(18)27-14)21-23-16(11-12-26-21)15(2)20(29-23)13-25(3,4)5;1-5-10(6-2)12(14)9-13(15)11(7-3)8-4;/h6-7,9-12H,13H2,1-5H3;9-11,14H,5-8H2,1-4H3;/q-1;;/b;12-9-;/i1D3,13D2;;. The van der Waals surface area contributed by atoms with Gasteiger partial charge in [0.15, 0.2) is 5.78 Å². The Morgan fingerprint density at radius 3 is 2.38 bits per heavy atom. The first-order valence-corrected chi connectivity index (χ1v) is 16.3. The predicted molar refractivity (Wildman–Crippen MR) is 185 cm³/mol. The van der Waals surface area contributed by atoms with Gasteiger partial charge < -0.3 is 14.5 Å². The number of aliphatic hydroxyl groups excluding tert-OH is 1. The second-order valence-corrected chi connectivity index (χ2v) is 13.2. The van der Waals surface area contributed by atoms with E-state index < -0.39 is 18.6 Å². The molecule has 0 aliphatic rings. The van der Waals surface area contributed by atoms with Gasteiger partial charge in [-0.3, -0.25) is 4.79 Å². The van der Waals surface area contributed by atoms with Gasteiger partial charge in [-0.2, -0.15) is 0 Å². The minimum absolute atomic E-state index is 0. The van der Waals surface area contributed by atoms with Crippen molar-refractivity contribution in [3.05, 3.63) is 70.6 Å². The predicted octanol–water partition coefficient (Wildman–Crippen LogP) is 11.1. The average Bonchev–Trinajstić information content (AvgIpc) is 3.59. The molecule has 0 atom stereocenters. The van der Waals surface area contributed by atoms with Crippen LogP contribution in [0, 0.1) is 37.1 Å². The molecule has 0 spiro atoms. The van der Waals surface area contributed by atoms with Gasteiger partial charge in [0.05, 0.1) is 11.3 Å². The number of hydrogen-bond acceptors (Lipinski definition) is 6. The van der Waals surface area contributed by atoms with Crippen molar-refractivity contribution >= 4 is 49.3 Å². The fourth-order valence-corrected chi connectivity index (χ4v) is 6.77. The third kappa shape index (κ3) is 8.30. The molecule has 243 valence electrons. The Hall–Kier alpha value is -2.86. The Bertz CT molecular complexity index is 1980. The molecule has 4 heterocycles. The van der Waals surface area contributed by atoms with Crippen molar-refractivity contribution in [3.63, 3.8) is 0 Å². The SMILES string of the molecule is CCC(CC)C(=O)/C=C(\O)C(CC)CC.[2H]C([2H])([2H])c1ccc2c(n1)oc1c(-c3nccc4c(C)c(C([2H])([2H])C(C)(C)C)sc34)[c-]ccc12.[Ir]. The maximum Gasteiger partial charge on any atom is 0.216 e. The zero-order valence-corrected chi connectivity index (χ0v) is 30.6. The molecule has 4 aromatic heterocycles. The molecule has 0 fully saturated rings. The van der Waals surface area contributed by atoms with E-state index in [1.165, 1.54) is 23.5 Å². The number of benzene rings is 1. The second-order valence-electron chi connectivity index (χ2n) is 12.2. The van der Waals surface area contributed by atoms with Crippen LogP contribution in [0.5, 0.6) is 0 Å². The molecule has 0 amide bonds. The van der Waals surface area contributed by atoms with E-state index in [0.29, 0.717) is 21.7 Å². The fraction of sp³-hybridized carbons (Fsp3) is 0.447. The minimum atomic E-state index is -2.33. The first-order chi connectivity index (χ1) is 22.9. The third-order valence-corrected chi connectivity index (χ3v) is 9.19. The van der Waals surface area contributed by atoms with Crippen LogP contribution in [0.2, 0.25) is 0 Å². The average molecular weight is 809 g/mol. The number of allylic oxidation sites excluding steroid dienone is 2. The van der Waals surface area contributed by atoms with Gasteiger partial charge in [-0.15, -0.1) is 29.5 Å². The molecule has 5 rings (SSSR count). The number of nitrogens with zero attached hydrogens (tertiary/aromatic N) is 2. The number of aryl methyl sites for hydroxylation is 2. The molecule has 0 saturated heterocycles. The van der Waals surface area contributed by atoms with Gasteiger partial charge in [0.2, 0.25) is 5.71 Å². The first kappa shape index (κ1) is 29.5.